The van der Waals surface area contributed by atoms with Gasteiger partial charge in [-0.15, -0.1) is 6.42 Å². The van der Waals surface area contributed by atoms with E-state index in [4.69, 9.17) is 6.42 Å². The van der Waals surface area contributed by atoms with Gasteiger partial charge in [0.05, 0.1) is 17.9 Å². The van der Waals surface area contributed by atoms with Crippen molar-refractivity contribution in [3.05, 3.63) is 30.3 Å². The van der Waals surface area contributed by atoms with Crippen molar-refractivity contribution in [3.63, 3.8) is 0 Å². The molecule has 19 heavy (non-hydrogen) atoms. The molecule has 4 heteroatoms. The Morgan fingerprint density at radius 2 is 1.63 bits per heavy atom. The second-order valence-electron chi connectivity index (χ2n) is 4.67. The highest BCUT2D eigenvalue weighted by atomic mass is 15.3. The highest BCUT2D eigenvalue weighted by Gasteiger charge is 2.20. The van der Waals surface area contributed by atoms with E-state index >= 15 is 0 Å². The molecule has 0 atom stereocenters. The maximum Gasteiger partial charge on any atom is 0.226 e. The van der Waals surface area contributed by atoms with Crippen LogP contribution in [0.2, 0.25) is 0 Å². The highest BCUT2D eigenvalue weighted by Crippen LogP contribution is 2.22. The fourth-order valence-corrected chi connectivity index (χ4v) is 2.33. The molecule has 2 aliphatic heterocycles. The first-order valence-corrected chi connectivity index (χ1v) is 6.50. The largest absolute Gasteiger partial charge is 0.338 e. The average molecular weight is 252 g/mol. The number of piperazine rings is 1. The summed E-state index contributed by atoms with van der Waals surface area (Å²) in [6.45, 7) is 4.55. The van der Waals surface area contributed by atoms with Gasteiger partial charge in [0.15, 0.2) is 0 Å². The lowest BCUT2D eigenvalue weighted by atomic mass is 10.3. The van der Waals surface area contributed by atoms with Gasteiger partial charge in [0, 0.05) is 26.2 Å². The zero-order valence-corrected chi connectivity index (χ0v) is 10.8. The number of imidazole rings is 1. The molecule has 4 nitrogen and oxygen atoms in total. The van der Waals surface area contributed by atoms with Crippen molar-refractivity contribution in [1.82, 2.24) is 14.9 Å². The molecule has 96 valence electrons. The van der Waals surface area contributed by atoms with E-state index < -0.39 is 0 Å². The summed E-state index contributed by atoms with van der Waals surface area (Å²) in [5, 5.41) is 0. The van der Waals surface area contributed by atoms with Gasteiger partial charge < -0.3 is 4.90 Å². The van der Waals surface area contributed by atoms with Crippen LogP contribution < -0.4 is 4.90 Å². The Kier molecular flexibility index (Phi) is 3.30. The molecule has 0 aromatic heterocycles. The molecule has 0 saturated carbocycles. The Bertz CT molecular complexity index is 536. The Hall–Kier alpha value is -2.12. The Morgan fingerprint density at radius 1 is 1.00 bits per heavy atom. The van der Waals surface area contributed by atoms with Gasteiger partial charge in [0.25, 0.3) is 0 Å². The van der Waals surface area contributed by atoms with Crippen LogP contribution in [0, 0.1) is 12.3 Å². The van der Waals surface area contributed by atoms with Crippen LogP contribution in [-0.4, -0.2) is 47.6 Å². The number of anilines is 1. The number of aromatic nitrogens is 2. The van der Waals surface area contributed by atoms with E-state index in [9.17, 15) is 0 Å². The number of rotatable bonds is 2. The highest BCUT2D eigenvalue weighted by molar-refractivity contribution is 5.60. The van der Waals surface area contributed by atoms with Gasteiger partial charge in [-0.3, -0.25) is 4.90 Å². The van der Waals surface area contributed by atoms with Gasteiger partial charge in [0.2, 0.25) is 5.95 Å². The van der Waals surface area contributed by atoms with E-state index in [1.165, 1.54) is 0 Å². The lowest BCUT2D eigenvalue weighted by Crippen LogP contribution is -2.46. The minimum Gasteiger partial charge on any atom is -0.338 e. The number of hydrogen-bond acceptors (Lipinski definition) is 4. The van der Waals surface area contributed by atoms with E-state index in [1.54, 1.807) is 0 Å². The van der Waals surface area contributed by atoms with Crippen molar-refractivity contribution < 1.29 is 0 Å². The molecule has 0 radical (unpaired) electrons. The first-order valence-electron chi connectivity index (χ1n) is 6.50. The monoisotopic (exact) mass is 252 g/mol. The molecule has 3 rings (SSSR count). The van der Waals surface area contributed by atoms with Crippen LogP contribution in [0.1, 0.15) is 0 Å². The summed E-state index contributed by atoms with van der Waals surface area (Å²) < 4.78 is 0. The molecule has 1 fully saturated rings. The van der Waals surface area contributed by atoms with Crippen molar-refractivity contribution in [2.24, 2.45) is 0 Å². The molecule has 0 aromatic rings. The van der Waals surface area contributed by atoms with Crippen molar-refractivity contribution in [2.75, 3.05) is 37.6 Å². The summed E-state index contributed by atoms with van der Waals surface area (Å²) in [5.74, 6) is 3.53. The summed E-state index contributed by atoms with van der Waals surface area (Å²) in [6, 6.07) is 9.97. The van der Waals surface area contributed by atoms with Crippen LogP contribution in [0.15, 0.2) is 30.3 Å². The van der Waals surface area contributed by atoms with Crippen LogP contribution in [0.5, 0.6) is 0 Å². The van der Waals surface area contributed by atoms with Gasteiger partial charge in [-0.05, 0) is 12.1 Å². The smallest absolute Gasteiger partial charge is 0.226 e. The summed E-state index contributed by atoms with van der Waals surface area (Å²) in [5.41, 5.74) is 1.90. The van der Waals surface area contributed by atoms with Crippen LogP contribution in [0.25, 0.3) is 11.4 Å². The number of terminal acetylenes is 1. The van der Waals surface area contributed by atoms with Crippen molar-refractivity contribution in [3.8, 4) is 23.7 Å². The van der Waals surface area contributed by atoms with Gasteiger partial charge >= 0.3 is 0 Å². The lowest BCUT2D eigenvalue weighted by Gasteiger charge is -2.33. The van der Waals surface area contributed by atoms with Crippen LogP contribution in [0.3, 0.4) is 0 Å². The average Bonchev–Trinajstić information content (AvgIpc) is 2.71. The fourth-order valence-electron chi connectivity index (χ4n) is 2.33. The Labute approximate surface area is 113 Å². The summed E-state index contributed by atoms with van der Waals surface area (Å²) in [6.07, 6.45) is 5.34. The zero-order valence-electron chi connectivity index (χ0n) is 10.8. The minimum absolute atomic E-state index is 0.730. The van der Waals surface area contributed by atoms with Crippen LogP contribution >= 0.6 is 0 Å². The maximum absolute atomic E-state index is 5.34. The van der Waals surface area contributed by atoms with Gasteiger partial charge in [-0.1, -0.05) is 24.1 Å². The molecular formula is C15H16N4. The summed E-state index contributed by atoms with van der Waals surface area (Å²) in [4.78, 5) is 13.7. The number of hydrogen-bond donors (Lipinski definition) is 0. The Balaban J connectivity index is 1.76. The summed E-state index contributed by atoms with van der Waals surface area (Å²) >= 11 is 0. The SMILES string of the molecule is C#CCN1CCN(c2nc3cccccc-3n2)CC1. The fraction of sp³-hybridized carbons (Fsp3) is 0.333. The van der Waals surface area contributed by atoms with Crippen LogP contribution in [0.4, 0.5) is 5.95 Å². The first kappa shape index (κ1) is 11.9. The van der Waals surface area contributed by atoms with E-state index in [2.05, 4.69) is 25.7 Å². The predicted octanol–water partition coefficient (Wildman–Crippen LogP) is 1.34. The topological polar surface area (TPSA) is 32.3 Å². The van der Waals surface area contributed by atoms with Crippen molar-refractivity contribution in [1.29, 1.82) is 0 Å². The van der Waals surface area contributed by atoms with Gasteiger partial charge in [-0.25, -0.2) is 9.97 Å². The Morgan fingerprint density at radius 3 is 2.21 bits per heavy atom. The second-order valence-corrected chi connectivity index (χ2v) is 4.67. The summed E-state index contributed by atoms with van der Waals surface area (Å²) in [7, 11) is 0. The standard InChI is InChI=1S/C15H16N4/c1-2-8-18-9-11-19(12-10-18)15-16-13-6-4-3-5-7-14(13)17-15/h1,3-7H,8-12H2. The van der Waals surface area contributed by atoms with E-state index in [-0.39, 0.29) is 0 Å². The predicted molar refractivity (Wildman–Crippen MR) is 76.1 cm³/mol. The number of fused-ring (bicyclic) bond motifs is 1. The van der Waals surface area contributed by atoms with Crippen molar-refractivity contribution >= 4 is 5.95 Å². The molecule has 1 aliphatic carbocycles. The third-order valence-corrected chi connectivity index (χ3v) is 3.40. The zero-order chi connectivity index (χ0) is 13.1. The molecule has 0 spiro atoms. The molecule has 1 saturated heterocycles. The minimum atomic E-state index is 0.730. The lowest BCUT2D eigenvalue weighted by molar-refractivity contribution is 0.287. The van der Waals surface area contributed by atoms with Gasteiger partial charge in [-0.2, -0.15) is 0 Å². The van der Waals surface area contributed by atoms with E-state index in [1.807, 2.05) is 30.3 Å². The molecule has 0 unspecified atom stereocenters. The number of nitrogens with zero attached hydrogens (tertiary/aromatic N) is 4. The molecule has 2 heterocycles. The van der Waals surface area contributed by atoms with Crippen LogP contribution in [-0.2, 0) is 0 Å². The maximum atomic E-state index is 5.34. The second kappa shape index (κ2) is 5.25. The molecule has 3 aliphatic rings. The third-order valence-electron chi connectivity index (χ3n) is 3.40. The molecular weight excluding hydrogens is 236 g/mol. The quantitative estimate of drug-likeness (QED) is 0.755. The molecule has 0 aromatic carbocycles. The molecule has 0 amide bonds. The van der Waals surface area contributed by atoms with E-state index in [0.29, 0.717) is 0 Å². The van der Waals surface area contributed by atoms with Gasteiger partial charge in [0.1, 0.15) is 0 Å². The third kappa shape index (κ3) is 2.51. The van der Waals surface area contributed by atoms with E-state index in [0.717, 1.165) is 50.1 Å². The normalized spacial score (nSPS) is 16.5. The molecule has 0 bridgehead atoms. The molecule has 0 N–H and O–H groups in total. The first-order chi connectivity index (χ1) is 9.36. The van der Waals surface area contributed by atoms with Crippen molar-refractivity contribution in [2.45, 2.75) is 0 Å².